The van der Waals surface area contributed by atoms with Crippen LogP contribution in [0.1, 0.15) is 31.2 Å². The number of anilines is 1. The van der Waals surface area contributed by atoms with E-state index >= 15 is 0 Å². The molecule has 1 heterocycles. The van der Waals surface area contributed by atoms with Crippen LogP contribution in [0.3, 0.4) is 0 Å². The minimum Gasteiger partial charge on any atom is -0.366 e. The number of nitrogens with two attached hydrogens (primary N) is 1. The zero-order valence-electron chi connectivity index (χ0n) is 10.0. The van der Waals surface area contributed by atoms with Crippen molar-refractivity contribution in [3.63, 3.8) is 0 Å². The monoisotopic (exact) mass is 234 g/mol. The Labute approximate surface area is 102 Å². The van der Waals surface area contributed by atoms with Gasteiger partial charge < -0.3 is 10.6 Å². The molecule has 2 atom stereocenters. The number of halogens is 1. The van der Waals surface area contributed by atoms with Gasteiger partial charge in [0.05, 0.1) is 0 Å². The Morgan fingerprint density at radius 1 is 1.24 bits per heavy atom. The number of benzene rings is 1. The Balaban J connectivity index is 1.89. The van der Waals surface area contributed by atoms with Crippen molar-refractivity contribution in [2.45, 2.75) is 44.2 Å². The molecule has 17 heavy (non-hydrogen) atoms. The van der Waals surface area contributed by atoms with Gasteiger partial charge in [0.25, 0.3) is 0 Å². The van der Waals surface area contributed by atoms with Gasteiger partial charge in [0.1, 0.15) is 5.82 Å². The van der Waals surface area contributed by atoms with Crippen molar-refractivity contribution < 1.29 is 4.39 Å². The lowest BCUT2D eigenvalue weighted by atomic mass is 9.90. The zero-order chi connectivity index (χ0) is 11.8. The zero-order valence-corrected chi connectivity index (χ0v) is 10.0. The molecule has 3 rings (SSSR count). The second kappa shape index (κ2) is 4.30. The molecule has 2 nitrogen and oxygen atoms in total. The molecule has 1 fully saturated rings. The normalized spacial score (nSPS) is 28.2. The summed E-state index contributed by atoms with van der Waals surface area (Å²) in [6.07, 6.45) is 5.77. The van der Waals surface area contributed by atoms with Gasteiger partial charge in [-0.25, -0.2) is 4.39 Å². The Morgan fingerprint density at radius 3 is 2.88 bits per heavy atom. The first-order chi connectivity index (χ1) is 8.25. The molecule has 0 bridgehead atoms. The van der Waals surface area contributed by atoms with Crippen LogP contribution in [0.5, 0.6) is 0 Å². The molecule has 3 heteroatoms. The maximum atomic E-state index is 13.3. The first-order valence-electron chi connectivity index (χ1n) is 6.56. The maximum Gasteiger partial charge on any atom is 0.125 e. The molecule has 0 aromatic heterocycles. The molecule has 2 aliphatic rings. The highest BCUT2D eigenvalue weighted by Gasteiger charge is 2.31. The molecule has 92 valence electrons. The van der Waals surface area contributed by atoms with Crippen molar-refractivity contribution in [1.29, 1.82) is 0 Å². The second-order valence-electron chi connectivity index (χ2n) is 5.23. The summed E-state index contributed by atoms with van der Waals surface area (Å²) >= 11 is 0. The van der Waals surface area contributed by atoms with E-state index in [-0.39, 0.29) is 11.9 Å². The fraction of sp³-hybridized carbons (Fsp3) is 0.571. The van der Waals surface area contributed by atoms with E-state index in [1.807, 2.05) is 6.07 Å². The van der Waals surface area contributed by atoms with Crippen molar-refractivity contribution in [2.75, 3.05) is 11.4 Å². The lowest BCUT2D eigenvalue weighted by molar-refractivity contribution is 0.367. The quantitative estimate of drug-likeness (QED) is 0.808. The van der Waals surface area contributed by atoms with E-state index in [0.29, 0.717) is 6.04 Å². The Hall–Kier alpha value is -1.09. The summed E-state index contributed by atoms with van der Waals surface area (Å²) in [7, 11) is 0. The fourth-order valence-corrected chi connectivity index (χ4v) is 3.25. The predicted molar refractivity (Wildman–Crippen MR) is 67.7 cm³/mol. The van der Waals surface area contributed by atoms with Crippen LogP contribution in [0, 0.1) is 5.82 Å². The molecule has 1 aliphatic carbocycles. The van der Waals surface area contributed by atoms with Gasteiger partial charge in [-0.05, 0) is 37.0 Å². The largest absolute Gasteiger partial charge is 0.366 e. The third-order valence-electron chi connectivity index (χ3n) is 4.16. The smallest absolute Gasteiger partial charge is 0.125 e. The summed E-state index contributed by atoms with van der Waals surface area (Å²) in [6.45, 7) is 0.997. The van der Waals surface area contributed by atoms with E-state index in [1.165, 1.54) is 18.4 Å². The van der Waals surface area contributed by atoms with E-state index in [4.69, 9.17) is 5.73 Å². The highest BCUT2D eigenvalue weighted by Crippen LogP contribution is 2.34. The molecule has 1 aliphatic heterocycles. The van der Waals surface area contributed by atoms with E-state index in [1.54, 1.807) is 12.1 Å². The Morgan fingerprint density at radius 2 is 2.06 bits per heavy atom. The molecule has 2 N–H and O–H groups in total. The van der Waals surface area contributed by atoms with Crippen LogP contribution < -0.4 is 10.6 Å². The molecular formula is C14H19FN2. The van der Waals surface area contributed by atoms with Gasteiger partial charge in [-0.2, -0.15) is 0 Å². The van der Waals surface area contributed by atoms with Gasteiger partial charge >= 0.3 is 0 Å². The van der Waals surface area contributed by atoms with Gasteiger partial charge in [-0.15, -0.1) is 0 Å². The summed E-state index contributed by atoms with van der Waals surface area (Å²) in [6, 6.07) is 5.80. The van der Waals surface area contributed by atoms with Gasteiger partial charge in [0.2, 0.25) is 0 Å². The topological polar surface area (TPSA) is 29.3 Å². The van der Waals surface area contributed by atoms with Crippen LogP contribution in [-0.4, -0.2) is 18.6 Å². The second-order valence-corrected chi connectivity index (χ2v) is 5.23. The number of fused-ring (bicyclic) bond motifs is 1. The minimum absolute atomic E-state index is 0.139. The van der Waals surface area contributed by atoms with E-state index in [9.17, 15) is 4.39 Å². The van der Waals surface area contributed by atoms with Gasteiger partial charge in [-0.1, -0.05) is 18.9 Å². The molecular weight excluding hydrogens is 215 g/mol. The summed E-state index contributed by atoms with van der Waals surface area (Å²) < 4.78 is 13.3. The predicted octanol–water partition coefficient (Wildman–Crippen LogP) is 2.46. The number of nitrogens with zero attached hydrogens (tertiary/aromatic N) is 1. The maximum absolute atomic E-state index is 13.3. The highest BCUT2D eigenvalue weighted by molar-refractivity contribution is 5.59. The highest BCUT2D eigenvalue weighted by atomic mass is 19.1. The standard InChI is InChI=1S/C14H19FN2/c15-11-6-5-10-7-8-17(14(10)9-11)13-4-2-1-3-12(13)16/h5-6,9,12-13H,1-4,7-8,16H2. The third-order valence-corrected chi connectivity index (χ3v) is 4.16. The molecule has 1 aromatic carbocycles. The lowest BCUT2D eigenvalue weighted by Gasteiger charge is -2.37. The van der Waals surface area contributed by atoms with Crippen LogP contribution in [0.25, 0.3) is 0 Å². The van der Waals surface area contributed by atoms with Crippen molar-refractivity contribution in [2.24, 2.45) is 5.73 Å². The Kier molecular flexibility index (Phi) is 2.79. The average Bonchev–Trinajstić information content (AvgIpc) is 2.72. The third kappa shape index (κ3) is 1.93. The summed E-state index contributed by atoms with van der Waals surface area (Å²) in [5, 5.41) is 0. The van der Waals surface area contributed by atoms with Crippen LogP contribution in [0.15, 0.2) is 18.2 Å². The van der Waals surface area contributed by atoms with Crippen molar-refractivity contribution in [3.8, 4) is 0 Å². The van der Waals surface area contributed by atoms with Crippen LogP contribution >= 0.6 is 0 Å². The lowest BCUT2D eigenvalue weighted by Crippen LogP contribution is -2.49. The Bertz CT molecular complexity index is 419. The molecule has 0 saturated heterocycles. The first kappa shape index (κ1) is 11.0. The number of hydrogen-bond acceptors (Lipinski definition) is 2. The number of hydrogen-bond donors (Lipinski definition) is 1. The summed E-state index contributed by atoms with van der Waals surface area (Å²) in [4.78, 5) is 2.34. The van der Waals surface area contributed by atoms with Crippen molar-refractivity contribution in [3.05, 3.63) is 29.6 Å². The van der Waals surface area contributed by atoms with Gasteiger partial charge in [0.15, 0.2) is 0 Å². The summed E-state index contributed by atoms with van der Waals surface area (Å²) in [5.41, 5.74) is 8.56. The van der Waals surface area contributed by atoms with Crippen molar-refractivity contribution >= 4 is 5.69 Å². The molecule has 0 radical (unpaired) electrons. The average molecular weight is 234 g/mol. The van der Waals surface area contributed by atoms with E-state index in [0.717, 1.165) is 31.5 Å². The fourth-order valence-electron chi connectivity index (χ4n) is 3.25. The summed E-state index contributed by atoms with van der Waals surface area (Å²) in [5.74, 6) is -0.139. The van der Waals surface area contributed by atoms with Crippen LogP contribution in [0.2, 0.25) is 0 Å². The van der Waals surface area contributed by atoms with E-state index in [2.05, 4.69) is 4.90 Å². The number of rotatable bonds is 1. The molecule has 1 aromatic rings. The SMILES string of the molecule is NC1CCCCC1N1CCc2ccc(F)cc21. The minimum atomic E-state index is -0.139. The molecule has 1 saturated carbocycles. The molecule has 0 spiro atoms. The molecule has 2 unspecified atom stereocenters. The van der Waals surface area contributed by atoms with Crippen LogP contribution in [0.4, 0.5) is 10.1 Å². The van der Waals surface area contributed by atoms with Crippen LogP contribution in [-0.2, 0) is 6.42 Å². The first-order valence-corrected chi connectivity index (χ1v) is 6.56. The van der Waals surface area contributed by atoms with Gasteiger partial charge in [0, 0.05) is 24.3 Å². The van der Waals surface area contributed by atoms with Gasteiger partial charge in [-0.3, -0.25) is 0 Å². The molecule has 0 amide bonds. The van der Waals surface area contributed by atoms with E-state index < -0.39 is 0 Å². The van der Waals surface area contributed by atoms with Crippen molar-refractivity contribution in [1.82, 2.24) is 0 Å².